The SMILES string of the molecule is C1=CN(c2cccc(-c3ccccc3)c2)CS1. The first-order valence-electron chi connectivity index (χ1n) is 5.64. The molecule has 17 heavy (non-hydrogen) atoms. The topological polar surface area (TPSA) is 3.24 Å². The molecule has 0 aliphatic carbocycles. The van der Waals surface area contributed by atoms with Gasteiger partial charge < -0.3 is 4.90 Å². The third-order valence-corrected chi connectivity index (χ3v) is 3.58. The minimum atomic E-state index is 1.01. The molecule has 2 aromatic carbocycles. The Morgan fingerprint density at radius 3 is 2.47 bits per heavy atom. The van der Waals surface area contributed by atoms with Crippen LogP contribution in [-0.4, -0.2) is 5.88 Å². The van der Waals surface area contributed by atoms with Crippen molar-refractivity contribution in [2.45, 2.75) is 0 Å². The van der Waals surface area contributed by atoms with Crippen LogP contribution in [0.1, 0.15) is 0 Å². The standard InChI is InChI=1S/C15H13NS/c1-2-5-13(6-3-1)14-7-4-8-15(11-14)16-9-10-17-12-16/h1-11H,12H2. The number of rotatable bonds is 2. The van der Waals surface area contributed by atoms with E-state index in [1.165, 1.54) is 16.8 Å². The fourth-order valence-corrected chi connectivity index (χ4v) is 2.65. The minimum absolute atomic E-state index is 1.01. The molecule has 0 N–H and O–H groups in total. The molecule has 2 aromatic rings. The van der Waals surface area contributed by atoms with Gasteiger partial charge in [0.2, 0.25) is 0 Å². The number of hydrogen-bond acceptors (Lipinski definition) is 2. The molecule has 0 amide bonds. The van der Waals surface area contributed by atoms with Crippen molar-refractivity contribution in [1.29, 1.82) is 0 Å². The second-order valence-corrected chi connectivity index (χ2v) is 4.83. The molecule has 0 saturated heterocycles. The van der Waals surface area contributed by atoms with E-state index in [4.69, 9.17) is 0 Å². The summed E-state index contributed by atoms with van der Waals surface area (Å²) in [5, 5.41) is 2.13. The zero-order valence-electron chi connectivity index (χ0n) is 9.41. The average molecular weight is 239 g/mol. The fraction of sp³-hybridized carbons (Fsp3) is 0.0667. The number of anilines is 1. The van der Waals surface area contributed by atoms with E-state index in [0.717, 1.165) is 5.88 Å². The van der Waals surface area contributed by atoms with Gasteiger partial charge >= 0.3 is 0 Å². The molecule has 0 fully saturated rings. The van der Waals surface area contributed by atoms with Crippen LogP contribution in [0.3, 0.4) is 0 Å². The Hall–Kier alpha value is -1.67. The van der Waals surface area contributed by atoms with Crippen LogP contribution in [0.25, 0.3) is 11.1 Å². The summed E-state index contributed by atoms with van der Waals surface area (Å²) in [5.41, 5.74) is 3.80. The summed E-state index contributed by atoms with van der Waals surface area (Å²) in [6.45, 7) is 0. The van der Waals surface area contributed by atoms with Gasteiger partial charge in [-0.15, -0.1) is 11.8 Å². The maximum atomic E-state index is 2.26. The van der Waals surface area contributed by atoms with Crippen LogP contribution in [0, 0.1) is 0 Å². The maximum absolute atomic E-state index is 2.26. The van der Waals surface area contributed by atoms with E-state index in [1.807, 2.05) is 17.8 Å². The number of benzene rings is 2. The van der Waals surface area contributed by atoms with Crippen molar-refractivity contribution in [3.05, 3.63) is 66.2 Å². The highest BCUT2D eigenvalue weighted by Crippen LogP contribution is 2.28. The summed E-state index contributed by atoms with van der Waals surface area (Å²) in [6.07, 6.45) is 2.13. The predicted molar refractivity (Wildman–Crippen MR) is 76.0 cm³/mol. The smallest absolute Gasteiger partial charge is 0.0723 e. The Balaban J connectivity index is 1.97. The summed E-state index contributed by atoms with van der Waals surface area (Å²) in [7, 11) is 0. The highest BCUT2D eigenvalue weighted by Gasteiger charge is 2.08. The maximum Gasteiger partial charge on any atom is 0.0723 e. The zero-order chi connectivity index (χ0) is 11.5. The van der Waals surface area contributed by atoms with Crippen molar-refractivity contribution in [2.75, 3.05) is 10.8 Å². The lowest BCUT2D eigenvalue weighted by atomic mass is 10.1. The van der Waals surface area contributed by atoms with Gasteiger partial charge in [0.15, 0.2) is 0 Å². The number of hydrogen-bond donors (Lipinski definition) is 0. The molecule has 2 heteroatoms. The van der Waals surface area contributed by atoms with Crippen LogP contribution in [-0.2, 0) is 0 Å². The highest BCUT2D eigenvalue weighted by atomic mass is 32.2. The largest absolute Gasteiger partial charge is 0.337 e. The number of nitrogens with zero attached hydrogens (tertiary/aromatic N) is 1. The molecule has 0 unspecified atom stereocenters. The zero-order valence-corrected chi connectivity index (χ0v) is 10.2. The molecule has 1 aliphatic rings. The molecule has 3 rings (SSSR count). The number of thioether (sulfide) groups is 1. The average Bonchev–Trinajstić information content (AvgIpc) is 2.94. The van der Waals surface area contributed by atoms with Crippen LogP contribution in [0.15, 0.2) is 66.2 Å². The van der Waals surface area contributed by atoms with Crippen molar-refractivity contribution in [3.8, 4) is 11.1 Å². The molecule has 0 saturated carbocycles. The van der Waals surface area contributed by atoms with E-state index in [1.54, 1.807) is 0 Å². The van der Waals surface area contributed by atoms with Crippen molar-refractivity contribution in [1.82, 2.24) is 0 Å². The van der Waals surface area contributed by atoms with Gasteiger partial charge in [-0.05, 0) is 28.7 Å². The molecule has 84 valence electrons. The molecule has 0 aromatic heterocycles. The van der Waals surface area contributed by atoms with Gasteiger partial charge in [-0.3, -0.25) is 0 Å². The Bertz CT molecular complexity index is 534. The van der Waals surface area contributed by atoms with Crippen molar-refractivity contribution in [3.63, 3.8) is 0 Å². The lowest BCUT2D eigenvalue weighted by Crippen LogP contribution is -2.10. The molecular formula is C15H13NS. The molecule has 0 atom stereocenters. The van der Waals surface area contributed by atoms with Crippen LogP contribution in [0.4, 0.5) is 5.69 Å². The summed E-state index contributed by atoms with van der Waals surface area (Å²) in [5.74, 6) is 1.01. The Kier molecular flexibility index (Phi) is 2.88. The van der Waals surface area contributed by atoms with E-state index in [2.05, 4.69) is 65.0 Å². The molecule has 1 heterocycles. The molecule has 0 spiro atoms. The van der Waals surface area contributed by atoms with E-state index < -0.39 is 0 Å². The first-order valence-corrected chi connectivity index (χ1v) is 6.69. The Morgan fingerprint density at radius 1 is 0.882 bits per heavy atom. The first-order chi connectivity index (χ1) is 8.43. The third-order valence-electron chi connectivity index (χ3n) is 2.84. The molecule has 1 nitrogen and oxygen atoms in total. The fourth-order valence-electron chi connectivity index (χ4n) is 1.94. The van der Waals surface area contributed by atoms with E-state index >= 15 is 0 Å². The van der Waals surface area contributed by atoms with Crippen molar-refractivity contribution in [2.24, 2.45) is 0 Å². The normalized spacial score (nSPS) is 14.2. The van der Waals surface area contributed by atoms with Gasteiger partial charge in [-0.1, -0.05) is 42.5 Å². The van der Waals surface area contributed by atoms with Gasteiger partial charge in [0.1, 0.15) is 0 Å². The van der Waals surface area contributed by atoms with Crippen LogP contribution < -0.4 is 4.90 Å². The van der Waals surface area contributed by atoms with E-state index in [-0.39, 0.29) is 0 Å². The van der Waals surface area contributed by atoms with Crippen molar-refractivity contribution >= 4 is 17.4 Å². The quantitative estimate of drug-likeness (QED) is 0.767. The lowest BCUT2D eigenvalue weighted by Gasteiger charge is -2.15. The molecule has 0 bridgehead atoms. The summed E-state index contributed by atoms with van der Waals surface area (Å²) >= 11 is 1.82. The molecular weight excluding hydrogens is 226 g/mol. The Morgan fingerprint density at radius 2 is 1.71 bits per heavy atom. The van der Waals surface area contributed by atoms with Gasteiger partial charge in [0.25, 0.3) is 0 Å². The van der Waals surface area contributed by atoms with Crippen LogP contribution >= 0.6 is 11.8 Å². The van der Waals surface area contributed by atoms with Gasteiger partial charge in [0.05, 0.1) is 5.88 Å². The van der Waals surface area contributed by atoms with Crippen molar-refractivity contribution < 1.29 is 0 Å². The highest BCUT2D eigenvalue weighted by molar-refractivity contribution is 8.02. The lowest BCUT2D eigenvalue weighted by molar-refractivity contribution is 1.19. The first kappa shape index (κ1) is 10.5. The summed E-state index contributed by atoms with van der Waals surface area (Å²) in [6, 6.07) is 19.2. The van der Waals surface area contributed by atoms with Crippen LogP contribution in [0.5, 0.6) is 0 Å². The monoisotopic (exact) mass is 239 g/mol. The summed E-state index contributed by atoms with van der Waals surface area (Å²) in [4.78, 5) is 2.26. The second-order valence-electron chi connectivity index (χ2n) is 3.97. The second kappa shape index (κ2) is 4.68. The van der Waals surface area contributed by atoms with Crippen LogP contribution in [0.2, 0.25) is 0 Å². The summed E-state index contributed by atoms with van der Waals surface area (Å²) < 4.78 is 0. The van der Waals surface area contributed by atoms with Gasteiger partial charge in [-0.2, -0.15) is 0 Å². The molecule has 0 radical (unpaired) electrons. The van der Waals surface area contributed by atoms with E-state index in [9.17, 15) is 0 Å². The van der Waals surface area contributed by atoms with E-state index in [0.29, 0.717) is 0 Å². The van der Waals surface area contributed by atoms with Gasteiger partial charge in [-0.25, -0.2) is 0 Å². The Labute approximate surface area is 106 Å². The minimum Gasteiger partial charge on any atom is -0.337 e. The predicted octanol–water partition coefficient (Wildman–Crippen LogP) is 4.34. The molecule has 1 aliphatic heterocycles. The third kappa shape index (κ3) is 2.22. The van der Waals surface area contributed by atoms with Gasteiger partial charge in [0, 0.05) is 11.9 Å².